The fourth-order valence-corrected chi connectivity index (χ4v) is 2.56. The van der Waals surface area contributed by atoms with Crippen LogP contribution in [-0.2, 0) is 6.54 Å². The van der Waals surface area contributed by atoms with E-state index in [1.54, 1.807) is 0 Å². The van der Waals surface area contributed by atoms with Crippen LogP contribution in [0.4, 0.5) is 0 Å². The van der Waals surface area contributed by atoms with Crippen LogP contribution in [0.2, 0.25) is 0 Å². The molecule has 2 aromatic carbocycles. The molecule has 1 aliphatic heterocycles. The van der Waals surface area contributed by atoms with Crippen LogP contribution >= 0.6 is 12.4 Å². The van der Waals surface area contributed by atoms with Crippen molar-refractivity contribution in [1.29, 1.82) is 0 Å². The summed E-state index contributed by atoms with van der Waals surface area (Å²) in [5.41, 5.74) is 3.77. The van der Waals surface area contributed by atoms with Crippen molar-refractivity contribution in [3.8, 4) is 11.5 Å². The van der Waals surface area contributed by atoms with Gasteiger partial charge in [0.05, 0.1) is 0 Å². The maximum atomic E-state index is 5.42. The Bertz CT molecular complexity index is 685. The molecule has 0 saturated carbocycles. The molecular weight excluding hydrogens is 310 g/mol. The number of ether oxygens (including phenoxy) is 2. The lowest BCUT2D eigenvalue weighted by molar-refractivity contribution is 0.174. The molecule has 4 heteroatoms. The number of benzene rings is 2. The number of aryl methyl sites for hydroxylation is 1. The normalized spacial score (nSPS) is 12.7. The standard InChI is InChI=1S/C19H21NO2.ClH/c1-15-5-3-6-16(11-15)7-4-10-20(2)13-17-8-9-18-19(12-17)22-14-21-18;/h3-9,11-12H,10,13-14H2,1-2H3;1H/b7-4+;. The van der Waals surface area contributed by atoms with E-state index in [-0.39, 0.29) is 12.4 Å². The summed E-state index contributed by atoms with van der Waals surface area (Å²) < 4.78 is 10.8. The van der Waals surface area contributed by atoms with Gasteiger partial charge in [0.25, 0.3) is 0 Å². The first-order valence-corrected chi connectivity index (χ1v) is 7.51. The van der Waals surface area contributed by atoms with Crippen molar-refractivity contribution in [2.24, 2.45) is 0 Å². The topological polar surface area (TPSA) is 21.7 Å². The molecule has 0 fully saturated rings. The van der Waals surface area contributed by atoms with E-state index < -0.39 is 0 Å². The lowest BCUT2D eigenvalue weighted by atomic mass is 10.1. The summed E-state index contributed by atoms with van der Waals surface area (Å²) in [4.78, 5) is 2.27. The molecule has 0 bridgehead atoms. The SMILES string of the molecule is Cc1cccc(/C=C/CN(C)Cc2ccc3c(c2)OCO3)c1.Cl. The fraction of sp³-hybridized carbons (Fsp3) is 0.263. The molecule has 0 aliphatic carbocycles. The number of hydrogen-bond acceptors (Lipinski definition) is 3. The average molecular weight is 332 g/mol. The van der Waals surface area contributed by atoms with Crippen LogP contribution in [0.1, 0.15) is 16.7 Å². The molecule has 3 nitrogen and oxygen atoms in total. The predicted molar refractivity (Wildman–Crippen MR) is 96.4 cm³/mol. The lowest BCUT2D eigenvalue weighted by Gasteiger charge is -2.14. The molecule has 0 aromatic heterocycles. The molecule has 0 spiro atoms. The Morgan fingerprint density at radius 3 is 2.74 bits per heavy atom. The molecule has 2 aromatic rings. The highest BCUT2D eigenvalue weighted by Gasteiger charge is 2.13. The number of rotatable bonds is 5. The van der Waals surface area contributed by atoms with Crippen LogP contribution in [0.25, 0.3) is 6.08 Å². The highest BCUT2D eigenvalue weighted by atomic mass is 35.5. The first-order chi connectivity index (χ1) is 10.7. The van der Waals surface area contributed by atoms with Crippen molar-refractivity contribution < 1.29 is 9.47 Å². The third kappa shape index (κ3) is 4.75. The largest absolute Gasteiger partial charge is 0.454 e. The van der Waals surface area contributed by atoms with Crippen LogP contribution in [0, 0.1) is 6.92 Å². The van der Waals surface area contributed by atoms with Crippen molar-refractivity contribution in [3.63, 3.8) is 0 Å². The van der Waals surface area contributed by atoms with Crippen molar-refractivity contribution >= 4 is 18.5 Å². The first kappa shape index (κ1) is 17.4. The summed E-state index contributed by atoms with van der Waals surface area (Å²) >= 11 is 0. The Morgan fingerprint density at radius 1 is 1.09 bits per heavy atom. The molecule has 122 valence electrons. The van der Waals surface area contributed by atoms with Crippen LogP contribution in [0.3, 0.4) is 0 Å². The summed E-state index contributed by atoms with van der Waals surface area (Å²) in [5.74, 6) is 1.69. The fourth-order valence-electron chi connectivity index (χ4n) is 2.56. The van der Waals surface area contributed by atoms with Crippen LogP contribution in [0.15, 0.2) is 48.5 Å². The summed E-state index contributed by atoms with van der Waals surface area (Å²) in [5, 5.41) is 0. The molecule has 0 amide bonds. The molecule has 0 N–H and O–H groups in total. The van der Waals surface area contributed by atoms with Crippen molar-refractivity contribution in [2.75, 3.05) is 20.4 Å². The van der Waals surface area contributed by atoms with Gasteiger partial charge >= 0.3 is 0 Å². The Kier molecular flexibility index (Phi) is 6.08. The van der Waals surface area contributed by atoms with Gasteiger partial charge in [-0.3, -0.25) is 4.90 Å². The highest BCUT2D eigenvalue weighted by Crippen LogP contribution is 2.32. The van der Waals surface area contributed by atoms with E-state index in [4.69, 9.17) is 9.47 Å². The second kappa shape index (κ2) is 8.04. The van der Waals surface area contributed by atoms with E-state index in [0.717, 1.165) is 24.6 Å². The van der Waals surface area contributed by atoms with E-state index in [0.29, 0.717) is 6.79 Å². The van der Waals surface area contributed by atoms with Gasteiger partial charge in [-0.15, -0.1) is 12.4 Å². The Hall–Kier alpha value is -1.97. The summed E-state index contributed by atoms with van der Waals surface area (Å²) in [6.07, 6.45) is 4.37. The molecule has 1 aliphatic rings. The summed E-state index contributed by atoms with van der Waals surface area (Å²) in [6.45, 7) is 4.23. The maximum Gasteiger partial charge on any atom is 0.231 e. The minimum atomic E-state index is 0. The smallest absolute Gasteiger partial charge is 0.231 e. The minimum Gasteiger partial charge on any atom is -0.454 e. The molecule has 1 heterocycles. The molecule has 3 rings (SSSR count). The van der Waals surface area contributed by atoms with E-state index in [1.807, 2.05) is 6.07 Å². The molecule has 0 saturated heterocycles. The minimum absolute atomic E-state index is 0. The Balaban J connectivity index is 0.00000192. The van der Waals surface area contributed by atoms with E-state index in [1.165, 1.54) is 16.7 Å². The number of halogens is 1. The van der Waals surface area contributed by atoms with Gasteiger partial charge < -0.3 is 9.47 Å². The third-order valence-corrected chi connectivity index (χ3v) is 3.66. The van der Waals surface area contributed by atoms with Crippen molar-refractivity contribution in [3.05, 3.63) is 65.2 Å². The number of likely N-dealkylation sites (N-methyl/N-ethyl adjacent to an activating group) is 1. The third-order valence-electron chi connectivity index (χ3n) is 3.66. The van der Waals surface area contributed by atoms with Crippen molar-refractivity contribution in [1.82, 2.24) is 4.90 Å². The van der Waals surface area contributed by atoms with Gasteiger partial charge in [0.1, 0.15) is 0 Å². The average Bonchev–Trinajstić information content (AvgIpc) is 2.95. The maximum absolute atomic E-state index is 5.42. The zero-order chi connectivity index (χ0) is 15.4. The van der Waals surface area contributed by atoms with Gasteiger partial charge in [0.2, 0.25) is 6.79 Å². The second-order valence-corrected chi connectivity index (χ2v) is 5.70. The van der Waals surface area contributed by atoms with Gasteiger partial charge in [-0.2, -0.15) is 0 Å². The van der Waals surface area contributed by atoms with Crippen LogP contribution < -0.4 is 9.47 Å². The number of fused-ring (bicyclic) bond motifs is 1. The molecule has 0 unspecified atom stereocenters. The zero-order valence-corrected chi connectivity index (χ0v) is 14.3. The predicted octanol–water partition coefficient (Wildman–Crippen LogP) is 4.29. The van der Waals surface area contributed by atoms with Gasteiger partial charge in [-0.1, -0.05) is 48.0 Å². The van der Waals surface area contributed by atoms with Gasteiger partial charge in [0, 0.05) is 13.1 Å². The van der Waals surface area contributed by atoms with E-state index >= 15 is 0 Å². The number of hydrogen-bond donors (Lipinski definition) is 0. The molecule has 23 heavy (non-hydrogen) atoms. The van der Waals surface area contributed by atoms with Crippen molar-refractivity contribution in [2.45, 2.75) is 13.5 Å². The van der Waals surface area contributed by atoms with Gasteiger partial charge in [-0.05, 0) is 37.2 Å². The molecular formula is C19H22ClNO2. The number of nitrogens with zero attached hydrogens (tertiary/aromatic N) is 1. The quantitative estimate of drug-likeness (QED) is 0.815. The molecule has 0 radical (unpaired) electrons. The zero-order valence-electron chi connectivity index (χ0n) is 13.5. The Labute approximate surface area is 143 Å². The van der Waals surface area contributed by atoms with Gasteiger partial charge in [0.15, 0.2) is 11.5 Å². The monoisotopic (exact) mass is 331 g/mol. The summed E-state index contributed by atoms with van der Waals surface area (Å²) in [7, 11) is 2.12. The lowest BCUT2D eigenvalue weighted by Crippen LogP contribution is -2.17. The summed E-state index contributed by atoms with van der Waals surface area (Å²) in [6, 6.07) is 14.6. The van der Waals surface area contributed by atoms with Crippen LogP contribution in [0.5, 0.6) is 11.5 Å². The van der Waals surface area contributed by atoms with E-state index in [9.17, 15) is 0 Å². The van der Waals surface area contributed by atoms with Gasteiger partial charge in [-0.25, -0.2) is 0 Å². The second-order valence-electron chi connectivity index (χ2n) is 5.70. The first-order valence-electron chi connectivity index (χ1n) is 7.51. The molecule has 0 atom stereocenters. The Morgan fingerprint density at radius 2 is 1.91 bits per heavy atom. The van der Waals surface area contributed by atoms with E-state index in [2.05, 4.69) is 67.4 Å². The highest BCUT2D eigenvalue weighted by molar-refractivity contribution is 5.85. The van der Waals surface area contributed by atoms with Crippen LogP contribution in [-0.4, -0.2) is 25.3 Å².